The van der Waals surface area contributed by atoms with Crippen LogP contribution in [-0.2, 0) is 4.79 Å². The zero-order valence-corrected chi connectivity index (χ0v) is 14.5. The van der Waals surface area contributed by atoms with Crippen molar-refractivity contribution >= 4 is 17.3 Å². The van der Waals surface area contributed by atoms with E-state index in [1.54, 1.807) is 13.0 Å². The Balaban J connectivity index is 2.07. The van der Waals surface area contributed by atoms with E-state index in [4.69, 9.17) is 0 Å². The Hall–Kier alpha value is -2.29. The van der Waals surface area contributed by atoms with Crippen LogP contribution in [0.4, 0.5) is 15.8 Å². The lowest BCUT2D eigenvalue weighted by atomic mass is 9.90. The first kappa shape index (κ1) is 18.1. The van der Waals surface area contributed by atoms with Gasteiger partial charge in [0.1, 0.15) is 11.4 Å². The summed E-state index contributed by atoms with van der Waals surface area (Å²) in [6.07, 6.45) is 2.18. The van der Waals surface area contributed by atoms with E-state index < -0.39 is 5.54 Å². The second kappa shape index (κ2) is 7.52. The number of hydrogen-bond donors (Lipinski definition) is 2. The summed E-state index contributed by atoms with van der Waals surface area (Å²) in [7, 11) is 0. The lowest BCUT2D eigenvalue weighted by Gasteiger charge is -2.28. The molecule has 1 atom stereocenters. The Morgan fingerprint density at radius 1 is 1.42 bits per heavy atom. The summed E-state index contributed by atoms with van der Waals surface area (Å²) in [5.74, 6) is -0.734. The van der Waals surface area contributed by atoms with Crippen molar-refractivity contribution < 1.29 is 9.18 Å². The molecule has 0 aliphatic carbocycles. The maximum Gasteiger partial charge on any atom is 0.240 e. The van der Waals surface area contributed by atoms with Crippen LogP contribution < -0.4 is 15.5 Å². The average Bonchev–Trinajstić information content (AvgIpc) is 3.07. The third kappa shape index (κ3) is 3.97. The fraction of sp³-hybridized carbons (Fsp3) is 0.556. The van der Waals surface area contributed by atoms with E-state index in [9.17, 15) is 14.4 Å². The van der Waals surface area contributed by atoms with E-state index in [-0.39, 0.29) is 24.2 Å². The van der Waals surface area contributed by atoms with Crippen molar-refractivity contribution in [2.24, 2.45) is 5.92 Å². The molecule has 5 nitrogen and oxygen atoms in total. The van der Waals surface area contributed by atoms with Crippen molar-refractivity contribution in [3.8, 4) is 6.07 Å². The minimum atomic E-state index is -0.939. The highest BCUT2D eigenvalue weighted by Crippen LogP contribution is 2.31. The third-order valence-corrected chi connectivity index (χ3v) is 4.65. The summed E-state index contributed by atoms with van der Waals surface area (Å²) in [6, 6.07) is 7.06. The van der Waals surface area contributed by atoms with E-state index in [0.29, 0.717) is 5.69 Å². The van der Waals surface area contributed by atoms with E-state index in [1.807, 2.05) is 19.9 Å². The highest BCUT2D eigenvalue weighted by molar-refractivity contribution is 5.83. The smallest absolute Gasteiger partial charge is 0.240 e. The van der Waals surface area contributed by atoms with Crippen LogP contribution in [0.3, 0.4) is 0 Å². The number of benzene rings is 1. The zero-order valence-electron chi connectivity index (χ0n) is 14.5. The number of para-hydroxylation sites is 1. The van der Waals surface area contributed by atoms with Crippen LogP contribution in [0.1, 0.15) is 33.6 Å². The maximum atomic E-state index is 14.2. The summed E-state index contributed by atoms with van der Waals surface area (Å²) in [5.41, 5.74) is 0.191. The van der Waals surface area contributed by atoms with Gasteiger partial charge >= 0.3 is 0 Å². The lowest BCUT2D eigenvalue weighted by molar-refractivity contribution is -0.121. The molecule has 24 heavy (non-hydrogen) atoms. The molecule has 1 aromatic rings. The largest absolute Gasteiger partial charge is 0.372 e. The van der Waals surface area contributed by atoms with Crippen molar-refractivity contribution in [1.29, 1.82) is 5.26 Å². The second-order valence-corrected chi connectivity index (χ2v) is 6.70. The fourth-order valence-corrected chi connectivity index (χ4v) is 2.71. The van der Waals surface area contributed by atoms with E-state index in [0.717, 1.165) is 31.6 Å². The van der Waals surface area contributed by atoms with E-state index in [2.05, 4.69) is 21.6 Å². The molecule has 1 amide bonds. The lowest BCUT2D eigenvalue weighted by Crippen LogP contribution is -2.50. The van der Waals surface area contributed by atoms with Crippen LogP contribution in [0.25, 0.3) is 0 Å². The normalized spacial score (nSPS) is 16.6. The number of nitrogens with one attached hydrogen (secondary N) is 2. The number of nitrogens with zero attached hydrogens (tertiary/aromatic N) is 2. The van der Waals surface area contributed by atoms with Gasteiger partial charge in [-0.1, -0.05) is 19.9 Å². The molecular formula is C18H25FN4O. The van der Waals surface area contributed by atoms with Gasteiger partial charge in [0.15, 0.2) is 0 Å². The van der Waals surface area contributed by atoms with Crippen LogP contribution in [0, 0.1) is 23.1 Å². The molecule has 0 aromatic heterocycles. The fourth-order valence-electron chi connectivity index (χ4n) is 2.71. The van der Waals surface area contributed by atoms with Gasteiger partial charge < -0.3 is 15.5 Å². The molecule has 1 aliphatic rings. The first-order valence-corrected chi connectivity index (χ1v) is 8.37. The molecule has 0 unspecified atom stereocenters. The quantitative estimate of drug-likeness (QED) is 0.840. The minimum absolute atomic E-state index is 0.0277. The Morgan fingerprint density at radius 2 is 2.08 bits per heavy atom. The maximum absolute atomic E-state index is 14.2. The van der Waals surface area contributed by atoms with Crippen LogP contribution in [-0.4, -0.2) is 31.1 Å². The number of rotatable bonds is 6. The van der Waals surface area contributed by atoms with Crippen molar-refractivity contribution in [3.63, 3.8) is 0 Å². The molecule has 0 saturated carbocycles. The Labute approximate surface area is 142 Å². The van der Waals surface area contributed by atoms with Crippen molar-refractivity contribution in [2.75, 3.05) is 29.9 Å². The van der Waals surface area contributed by atoms with Gasteiger partial charge in [-0.15, -0.1) is 0 Å². The van der Waals surface area contributed by atoms with Crippen LogP contribution >= 0.6 is 0 Å². The van der Waals surface area contributed by atoms with Gasteiger partial charge in [-0.2, -0.15) is 5.26 Å². The van der Waals surface area contributed by atoms with Gasteiger partial charge in [0.25, 0.3) is 0 Å². The van der Waals surface area contributed by atoms with Gasteiger partial charge in [-0.25, -0.2) is 4.39 Å². The van der Waals surface area contributed by atoms with Gasteiger partial charge in [0.2, 0.25) is 5.91 Å². The number of amides is 1. The summed E-state index contributed by atoms with van der Waals surface area (Å²) < 4.78 is 14.2. The average molecular weight is 332 g/mol. The zero-order chi connectivity index (χ0) is 17.7. The Kier molecular flexibility index (Phi) is 5.66. The third-order valence-electron chi connectivity index (χ3n) is 4.65. The molecule has 2 N–H and O–H groups in total. The van der Waals surface area contributed by atoms with Gasteiger partial charge in [0, 0.05) is 13.1 Å². The van der Waals surface area contributed by atoms with Crippen molar-refractivity contribution in [3.05, 3.63) is 24.0 Å². The molecule has 0 bridgehead atoms. The summed E-state index contributed by atoms with van der Waals surface area (Å²) in [6.45, 7) is 7.15. The molecule has 1 fully saturated rings. The molecular weight excluding hydrogens is 307 g/mol. The van der Waals surface area contributed by atoms with E-state index >= 15 is 0 Å². The standard InChI is InChI=1S/C18H25FN4O/c1-13(2)18(3,12-20)22-16(24)11-21-17-14(19)7-6-8-15(17)23-9-4-5-10-23/h6-8,13,21H,4-5,9-11H2,1-3H3,(H,22,24)/t18-/m1/s1. The van der Waals surface area contributed by atoms with Crippen LogP contribution in [0.2, 0.25) is 0 Å². The Bertz CT molecular complexity index is 634. The number of halogens is 1. The molecule has 0 spiro atoms. The predicted octanol–water partition coefficient (Wildman–Crippen LogP) is 2.89. The van der Waals surface area contributed by atoms with Gasteiger partial charge in [0.05, 0.1) is 24.0 Å². The molecule has 2 rings (SSSR count). The number of anilines is 2. The number of nitriles is 1. The monoisotopic (exact) mass is 332 g/mol. The Morgan fingerprint density at radius 3 is 2.67 bits per heavy atom. The van der Waals surface area contributed by atoms with Crippen molar-refractivity contribution in [1.82, 2.24) is 5.32 Å². The second-order valence-electron chi connectivity index (χ2n) is 6.70. The minimum Gasteiger partial charge on any atom is -0.372 e. The van der Waals surface area contributed by atoms with Crippen molar-refractivity contribution in [2.45, 2.75) is 39.2 Å². The summed E-state index contributed by atoms with van der Waals surface area (Å²) >= 11 is 0. The number of carbonyl (C=O) groups is 1. The van der Waals surface area contributed by atoms with E-state index in [1.165, 1.54) is 6.07 Å². The molecule has 6 heteroatoms. The summed E-state index contributed by atoms with van der Waals surface area (Å²) in [4.78, 5) is 14.3. The first-order valence-electron chi connectivity index (χ1n) is 8.37. The summed E-state index contributed by atoms with van der Waals surface area (Å²) in [5, 5.41) is 14.9. The molecule has 1 aromatic carbocycles. The van der Waals surface area contributed by atoms with Gasteiger partial charge in [-0.05, 0) is 37.8 Å². The highest BCUT2D eigenvalue weighted by atomic mass is 19.1. The van der Waals surface area contributed by atoms with Gasteiger partial charge in [-0.3, -0.25) is 4.79 Å². The van der Waals surface area contributed by atoms with Crippen LogP contribution in [0.15, 0.2) is 18.2 Å². The SMILES string of the molecule is CC(C)[C@@](C)(C#N)NC(=O)CNc1c(F)cccc1N1CCCC1. The predicted molar refractivity (Wildman–Crippen MR) is 93.3 cm³/mol. The molecule has 1 aliphatic heterocycles. The molecule has 130 valence electrons. The topological polar surface area (TPSA) is 68.2 Å². The number of hydrogen-bond acceptors (Lipinski definition) is 4. The molecule has 1 heterocycles. The number of carbonyl (C=O) groups excluding carboxylic acids is 1. The molecule has 1 saturated heterocycles. The highest BCUT2D eigenvalue weighted by Gasteiger charge is 2.30. The van der Waals surface area contributed by atoms with Crippen LogP contribution in [0.5, 0.6) is 0 Å². The first-order chi connectivity index (χ1) is 11.4. The molecule has 0 radical (unpaired) electrons.